The Labute approximate surface area is 107 Å². The van der Waals surface area contributed by atoms with Gasteiger partial charge in [-0.25, -0.2) is 9.18 Å². The Hall–Kier alpha value is -2.31. The zero-order valence-electron chi connectivity index (χ0n) is 10.8. The Morgan fingerprint density at radius 2 is 2.00 bits per heavy atom. The van der Waals surface area contributed by atoms with E-state index in [1.165, 1.54) is 6.07 Å². The van der Waals surface area contributed by atoms with E-state index in [0.29, 0.717) is 0 Å². The number of carbonyl (C=O) groups is 1. The zero-order valence-corrected chi connectivity index (χ0v) is 10.8. The fourth-order valence-corrected chi connectivity index (χ4v) is 1.62. The SMILES string of the molecule is CC(C)(C)OC(=O)Nc1cc(F)c2c(=O)[nH][nH]c2c1. The summed E-state index contributed by atoms with van der Waals surface area (Å²) in [7, 11) is 0. The van der Waals surface area contributed by atoms with Gasteiger partial charge in [-0.15, -0.1) is 0 Å². The minimum Gasteiger partial charge on any atom is -0.444 e. The van der Waals surface area contributed by atoms with Crippen molar-refractivity contribution in [1.82, 2.24) is 10.2 Å². The first-order valence-electron chi connectivity index (χ1n) is 5.66. The number of anilines is 1. The molecule has 19 heavy (non-hydrogen) atoms. The van der Waals surface area contributed by atoms with E-state index in [9.17, 15) is 14.0 Å². The molecule has 2 rings (SSSR count). The summed E-state index contributed by atoms with van der Waals surface area (Å²) in [5, 5.41) is 7.12. The molecule has 1 aromatic carbocycles. The van der Waals surface area contributed by atoms with Crippen LogP contribution in [-0.4, -0.2) is 21.9 Å². The molecule has 102 valence electrons. The summed E-state index contributed by atoms with van der Waals surface area (Å²) < 4.78 is 18.7. The van der Waals surface area contributed by atoms with Gasteiger partial charge in [0.15, 0.2) is 0 Å². The highest BCUT2D eigenvalue weighted by molar-refractivity contribution is 5.89. The average molecular weight is 267 g/mol. The molecular formula is C12H14FN3O3. The lowest BCUT2D eigenvalue weighted by Crippen LogP contribution is -2.27. The molecule has 0 unspecified atom stereocenters. The van der Waals surface area contributed by atoms with E-state index < -0.39 is 23.1 Å². The van der Waals surface area contributed by atoms with E-state index >= 15 is 0 Å². The number of hydrogen-bond donors (Lipinski definition) is 3. The van der Waals surface area contributed by atoms with Gasteiger partial charge in [-0.05, 0) is 32.9 Å². The van der Waals surface area contributed by atoms with Gasteiger partial charge in [0.1, 0.15) is 16.8 Å². The second-order valence-electron chi connectivity index (χ2n) is 5.09. The van der Waals surface area contributed by atoms with Gasteiger partial charge in [0.2, 0.25) is 0 Å². The number of aromatic nitrogens is 2. The summed E-state index contributed by atoms with van der Waals surface area (Å²) in [6.07, 6.45) is -0.691. The van der Waals surface area contributed by atoms with Crippen LogP contribution in [-0.2, 0) is 4.74 Å². The third kappa shape index (κ3) is 2.93. The van der Waals surface area contributed by atoms with Crippen LogP contribution in [0.2, 0.25) is 0 Å². The fourth-order valence-electron chi connectivity index (χ4n) is 1.62. The van der Waals surface area contributed by atoms with Crippen molar-refractivity contribution in [1.29, 1.82) is 0 Å². The van der Waals surface area contributed by atoms with Gasteiger partial charge in [0, 0.05) is 5.69 Å². The van der Waals surface area contributed by atoms with Gasteiger partial charge in [0.25, 0.3) is 5.56 Å². The number of amides is 1. The van der Waals surface area contributed by atoms with Crippen molar-refractivity contribution < 1.29 is 13.9 Å². The number of fused-ring (bicyclic) bond motifs is 1. The Kier molecular flexibility index (Phi) is 3.05. The Bertz CT molecular complexity index is 682. The summed E-state index contributed by atoms with van der Waals surface area (Å²) in [5.74, 6) is -0.717. The van der Waals surface area contributed by atoms with Crippen LogP contribution < -0.4 is 10.9 Å². The second-order valence-corrected chi connectivity index (χ2v) is 5.09. The van der Waals surface area contributed by atoms with Crippen LogP contribution in [0.15, 0.2) is 16.9 Å². The van der Waals surface area contributed by atoms with Crippen LogP contribution >= 0.6 is 0 Å². The molecule has 0 saturated heterocycles. The number of ether oxygens (including phenoxy) is 1. The van der Waals surface area contributed by atoms with Gasteiger partial charge in [0.05, 0.1) is 5.52 Å². The van der Waals surface area contributed by atoms with Gasteiger partial charge in [-0.1, -0.05) is 0 Å². The van der Waals surface area contributed by atoms with E-state index in [4.69, 9.17) is 4.74 Å². The molecule has 0 saturated carbocycles. The standard InChI is InChI=1S/C12H14FN3O3/c1-12(2,3)19-11(18)14-6-4-7(13)9-8(5-6)15-16-10(9)17/h4-5H,1-3H3,(H,14,18)(H2,15,16,17). The second kappa shape index (κ2) is 4.42. The molecule has 2 aromatic rings. The van der Waals surface area contributed by atoms with Crippen molar-refractivity contribution in [2.24, 2.45) is 0 Å². The zero-order chi connectivity index (χ0) is 14.2. The van der Waals surface area contributed by atoms with Crippen LogP contribution in [0.4, 0.5) is 14.9 Å². The van der Waals surface area contributed by atoms with Crippen LogP contribution in [0.25, 0.3) is 10.9 Å². The molecular weight excluding hydrogens is 253 g/mol. The lowest BCUT2D eigenvalue weighted by molar-refractivity contribution is 0.0636. The van der Waals surface area contributed by atoms with Crippen LogP contribution in [0.5, 0.6) is 0 Å². The molecule has 1 aromatic heterocycles. The number of H-pyrrole nitrogens is 2. The number of halogens is 1. The highest BCUT2D eigenvalue weighted by atomic mass is 19.1. The highest BCUT2D eigenvalue weighted by Gasteiger charge is 2.17. The minimum atomic E-state index is -0.717. The maximum Gasteiger partial charge on any atom is 0.412 e. The van der Waals surface area contributed by atoms with Gasteiger partial charge in [-0.3, -0.25) is 20.3 Å². The number of benzene rings is 1. The minimum absolute atomic E-state index is 0.0743. The maximum atomic E-state index is 13.7. The van der Waals surface area contributed by atoms with E-state index in [0.717, 1.165) is 6.07 Å². The number of rotatable bonds is 1. The normalized spacial score (nSPS) is 11.6. The monoisotopic (exact) mass is 267 g/mol. The molecule has 0 aliphatic rings. The Morgan fingerprint density at radius 3 is 2.63 bits per heavy atom. The molecule has 0 atom stereocenters. The molecule has 7 heteroatoms. The Morgan fingerprint density at radius 1 is 1.32 bits per heavy atom. The highest BCUT2D eigenvalue weighted by Crippen LogP contribution is 2.19. The number of carbonyl (C=O) groups excluding carboxylic acids is 1. The van der Waals surface area contributed by atoms with E-state index in [1.54, 1.807) is 20.8 Å². The first kappa shape index (κ1) is 13.1. The molecule has 3 N–H and O–H groups in total. The third-order valence-corrected chi connectivity index (χ3v) is 2.27. The molecule has 0 radical (unpaired) electrons. The van der Waals surface area contributed by atoms with Crippen molar-refractivity contribution in [3.8, 4) is 0 Å². The summed E-state index contributed by atoms with van der Waals surface area (Å²) in [4.78, 5) is 22.8. The maximum absolute atomic E-state index is 13.7. The third-order valence-electron chi connectivity index (χ3n) is 2.27. The van der Waals surface area contributed by atoms with Crippen LogP contribution in [0, 0.1) is 5.82 Å². The summed E-state index contributed by atoms with van der Waals surface area (Å²) in [6, 6.07) is 2.51. The first-order valence-corrected chi connectivity index (χ1v) is 5.66. The average Bonchev–Trinajstić information content (AvgIpc) is 2.57. The fraction of sp³-hybridized carbons (Fsp3) is 0.333. The number of aromatic amines is 2. The van der Waals surface area contributed by atoms with Crippen molar-refractivity contribution in [3.05, 3.63) is 28.3 Å². The van der Waals surface area contributed by atoms with Gasteiger partial charge < -0.3 is 4.74 Å². The van der Waals surface area contributed by atoms with Crippen molar-refractivity contribution in [3.63, 3.8) is 0 Å². The molecule has 0 spiro atoms. The van der Waals surface area contributed by atoms with Crippen molar-refractivity contribution >= 4 is 22.7 Å². The van der Waals surface area contributed by atoms with Gasteiger partial charge in [-0.2, -0.15) is 0 Å². The topological polar surface area (TPSA) is 87.0 Å². The molecule has 1 amide bonds. The van der Waals surface area contributed by atoms with Gasteiger partial charge >= 0.3 is 6.09 Å². The molecule has 1 heterocycles. The molecule has 0 aliphatic carbocycles. The van der Waals surface area contributed by atoms with E-state index in [-0.39, 0.29) is 16.6 Å². The Balaban J connectivity index is 2.27. The van der Waals surface area contributed by atoms with Crippen molar-refractivity contribution in [2.75, 3.05) is 5.32 Å². The molecule has 0 bridgehead atoms. The predicted molar refractivity (Wildman–Crippen MR) is 68.7 cm³/mol. The van der Waals surface area contributed by atoms with Crippen molar-refractivity contribution in [2.45, 2.75) is 26.4 Å². The van der Waals surface area contributed by atoms with Crippen LogP contribution in [0.3, 0.4) is 0 Å². The predicted octanol–water partition coefficient (Wildman–Crippen LogP) is 2.34. The molecule has 0 fully saturated rings. The van der Waals surface area contributed by atoms with E-state index in [2.05, 4.69) is 15.5 Å². The first-order chi connectivity index (χ1) is 8.76. The van der Waals surface area contributed by atoms with Crippen LogP contribution in [0.1, 0.15) is 20.8 Å². The summed E-state index contributed by atoms with van der Waals surface area (Å²) in [6.45, 7) is 5.17. The largest absolute Gasteiger partial charge is 0.444 e. The molecule has 6 nitrogen and oxygen atoms in total. The van der Waals surface area contributed by atoms with E-state index in [1.807, 2.05) is 0 Å². The smallest absolute Gasteiger partial charge is 0.412 e. The summed E-state index contributed by atoms with van der Waals surface area (Å²) >= 11 is 0. The lowest BCUT2D eigenvalue weighted by Gasteiger charge is -2.19. The number of hydrogen-bond acceptors (Lipinski definition) is 3. The quantitative estimate of drug-likeness (QED) is 0.741. The number of nitrogens with one attached hydrogen (secondary N) is 3. The summed E-state index contributed by atoms with van der Waals surface area (Å²) in [5.41, 5.74) is -0.711. The molecule has 0 aliphatic heterocycles. The lowest BCUT2D eigenvalue weighted by atomic mass is 10.2.